The molecule has 2 bridgehead atoms. The lowest BCUT2D eigenvalue weighted by Crippen LogP contribution is -2.63. The van der Waals surface area contributed by atoms with Gasteiger partial charge in [-0.15, -0.1) is 0 Å². The number of likely N-dealkylation sites (N-methyl/N-ethyl adjacent to an activating group) is 1. The zero-order chi connectivity index (χ0) is 9.76. The number of aliphatic hydroxyl groups is 1. The molecule has 3 heterocycles. The van der Waals surface area contributed by atoms with Gasteiger partial charge in [0.2, 0.25) is 0 Å². The Bertz CT molecular complexity index is 276. The summed E-state index contributed by atoms with van der Waals surface area (Å²) in [6.07, 6.45) is 6.92. The Labute approximate surface area is 85.8 Å². The second kappa shape index (κ2) is 2.83. The van der Waals surface area contributed by atoms with Gasteiger partial charge < -0.3 is 9.59 Å². The number of fused-ring (bicyclic) bond motifs is 2. The van der Waals surface area contributed by atoms with Gasteiger partial charge in [-0.1, -0.05) is 6.08 Å². The quantitative estimate of drug-likeness (QED) is 0.455. The predicted octanol–water partition coefficient (Wildman–Crippen LogP) is 1.31. The molecule has 1 aliphatic carbocycles. The number of aliphatic hydroxyl groups excluding tert-OH is 1. The lowest BCUT2D eigenvalue weighted by atomic mass is 9.72. The highest BCUT2D eigenvalue weighted by molar-refractivity contribution is 5.21. The fourth-order valence-corrected chi connectivity index (χ4v) is 3.79. The zero-order valence-electron chi connectivity index (χ0n) is 8.95. The molecule has 4 aliphatic rings. The van der Waals surface area contributed by atoms with E-state index in [1.54, 1.807) is 5.57 Å². The van der Waals surface area contributed by atoms with Crippen molar-refractivity contribution in [3.05, 3.63) is 11.6 Å². The van der Waals surface area contributed by atoms with Gasteiger partial charge in [-0.2, -0.15) is 0 Å². The van der Waals surface area contributed by atoms with Crippen LogP contribution in [0, 0.1) is 5.92 Å². The predicted molar refractivity (Wildman–Crippen MR) is 55.8 cm³/mol. The summed E-state index contributed by atoms with van der Waals surface area (Å²) in [5, 5.41) is 9.68. The standard InChI is InChI=1S/C12H20NO/c1-13-6-4-9(5-7-13)11-8-10(14)2-3-12(11)13/h8-10,12,14H,2-7H2,1H3/q+1/t9?,10-,12-,13?/m0/s1. The number of nitrogens with zero attached hydrogens (tertiary/aromatic N) is 1. The molecular formula is C12H20NO+. The molecule has 3 aliphatic heterocycles. The average Bonchev–Trinajstić information content (AvgIpc) is 2.18. The van der Waals surface area contributed by atoms with E-state index in [-0.39, 0.29) is 6.10 Å². The molecule has 4 rings (SSSR count). The third-order valence-corrected chi connectivity index (χ3v) is 4.71. The number of hydrogen-bond acceptors (Lipinski definition) is 1. The average molecular weight is 194 g/mol. The van der Waals surface area contributed by atoms with Crippen molar-refractivity contribution < 1.29 is 9.59 Å². The van der Waals surface area contributed by atoms with Crippen LogP contribution in [0.4, 0.5) is 0 Å². The van der Waals surface area contributed by atoms with Crippen molar-refractivity contribution in [1.29, 1.82) is 0 Å². The summed E-state index contributed by atoms with van der Waals surface area (Å²) >= 11 is 0. The molecule has 14 heavy (non-hydrogen) atoms. The maximum absolute atomic E-state index is 9.68. The first-order valence-corrected chi connectivity index (χ1v) is 5.93. The molecule has 1 N–H and O–H groups in total. The minimum atomic E-state index is -0.145. The molecule has 2 heteroatoms. The summed E-state index contributed by atoms with van der Waals surface area (Å²) in [6, 6.07) is 0.755. The topological polar surface area (TPSA) is 20.2 Å². The Morgan fingerprint density at radius 2 is 1.93 bits per heavy atom. The van der Waals surface area contributed by atoms with Crippen LogP contribution in [0.25, 0.3) is 0 Å². The summed E-state index contributed by atoms with van der Waals surface area (Å²) in [4.78, 5) is 0. The van der Waals surface area contributed by atoms with Gasteiger partial charge in [-0.3, -0.25) is 0 Å². The monoisotopic (exact) mass is 194 g/mol. The van der Waals surface area contributed by atoms with Crippen LogP contribution in [0.2, 0.25) is 0 Å². The van der Waals surface area contributed by atoms with Crippen molar-refractivity contribution in [3.63, 3.8) is 0 Å². The van der Waals surface area contributed by atoms with Crippen molar-refractivity contribution >= 4 is 0 Å². The van der Waals surface area contributed by atoms with Gasteiger partial charge in [0.25, 0.3) is 0 Å². The molecule has 0 aromatic rings. The molecule has 0 amide bonds. The highest BCUT2D eigenvalue weighted by Gasteiger charge is 2.48. The maximum Gasteiger partial charge on any atom is 0.111 e. The van der Waals surface area contributed by atoms with Crippen molar-refractivity contribution in [2.75, 3.05) is 20.1 Å². The molecular weight excluding hydrogens is 174 g/mol. The van der Waals surface area contributed by atoms with E-state index in [0.29, 0.717) is 0 Å². The number of rotatable bonds is 0. The first-order valence-electron chi connectivity index (χ1n) is 5.93. The van der Waals surface area contributed by atoms with Crippen molar-refractivity contribution in [1.82, 2.24) is 0 Å². The maximum atomic E-state index is 9.68. The lowest BCUT2D eigenvalue weighted by molar-refractivity contribution is -0.941. The summed E-state index contributed by atoms with van der Waals surface area (Å²) in [6.45, 7) is 2.73. The molecule has 3 fully saturated rings. The highest BCUT2D eigenvalue weighted by atomic mass is 16.3. The number of piperidine rings is 3. The molecule has 0 saturated carbocycles. The molecule has 0 aromatic heterocycles. The second-order valence-corrected chi connectivity index (χ2v) is 5.53. The highest BCUT2D eigenvalue weighted by Crippen LogP contribution is 2.44. The van der Waals surface area contributed by atoms with E-state index < -0.39 is 0 Å². The Morgan fingerprint density at radius 3 is 2.64 bits per heavy atom. The van der Waals surface area contributed by atoms with Crippen LogP contribution < -0.4 is 0 Å². The first kappa shape index (κ1) is 8.93. The lowest BCUT2D eigenvalue weighted by Gasteiger charge is -2.55. The molecule has 0 radical (unpaired) electrons. The largest absolute Gasteiger partial charge is 0.389 e. The molecule has 3 saturated heterocycles. The molecule has 2 nitrogen and oxygen atoms in total. The van der Waals surface area contributed by atoms with Crippen LogP contribution >= 0.6 is 0 Å². The Kier molecular flexibility index (Phi) is 1.80. The Morgan fingerprint density at radius 1 is 1.21 bits per heavy atom. The van der Waals surface area contributed by atoms with E-state index in [4.69, 9.17) is 0 Å². The summed E-state index contributed by atoms with van der Waals surface area (Å²) in [7, 11) is 2.41. The minimum Gasteiger partial charge on any atom is -0.389 e. The Hall–Kier alpha value is -0.340. The van der Waals surface area contributed by atoms with Gasteiger partial charge in [0.05, 0.1) is 26.2 Å². The van der Waals surface area contributed by atoms with E-state index in [9.17, 15) is 5.11 Å². The smallest absolute Gasteiger partial charge is 0.111 e. The van der Waals surface area contributed by atoms with Gasteiger partial charge in [-0.05, 0) is 17.9 Å². The van der Waals surface area contributed by atoms with Crippen molar-refractivity contribution in [2.45, 2.75) is 37.8 Å². The summed E-state index contributed by atoms with van der Waals surface area (Å²) < 4.78 is 1.26. The minimum absolute atomic E-state index is 0.145. The van der Waals surface area contributed by atoms with Crippen LogP contribution in [-0.4, -0.2) is 41.9 Å². The van der Waals surface area contributed by atoms with Gasteiger partial charge in [0.15, 0.2) is 0 Å². The molecule has 0 unspecified atom stereocenters. The third kappa shape index (κ3) is 1.10. The molecule has 0 spiro atoms. The molecule has 2 atom stereocenters. The van der Waals surface area contributed by atoms with E-state index in [1.165, 1.54) is 36.8 Å². The van der Waals surface area contributed by atoms with Gasteiger partial charge in [0, 0.05) is 19.3 Å². The second-order valence-electron chi connectivity index (χ2n) is 5.53. The van der Waals surface area contributed by atoms with Gasteiger partial charge >= 0.3 is 0 Å². The normalized spacial score (nSPS) is 51.3. The van der Waals surface area contributed by atoms with E-state index in [0.717, 1.165) is 18.4 Å². The van der Waals surface area contributed by atoms with E-state index in [1.807, 2.05) is 0 Å². The number of quaternary nitrogens is 1. The SMILES string of the molecule is C[N+]12CCC(CC1)C1=C[C@@H](O)CC[C@@H]12. The third-order valence-electron chi connectivity index (χ3n) is 4.71. The first-order chi connectivity index (χ1) is 6.69. The molecule has 0 aromatic carbocycles. The summed E-state index contributed by atoms with van der Waals surface area (Å²) in [5.41, 5.74) is 1.60. The molecule has 78 valence electrons. The van der Waals surface area contributed by atoms with Crippen molar-refractivity contribution in [2.24, 2.45) is 5.92 Å². The van der Waals surface area contributed by atoms with Crippen LogP contribution in [0.15, 0.2) is 11.6 Å². The van der Waals surface area contributed by atoms with E-state index >= 15 is 0 Å². The fraction of sp³-hybridized carbons (Fsp3) is 0.833. The Balaban J connectivity index is 1.99. The van der Waals surface area contributed by atoms with Crippen molar-refractivity contribution in [3.8, 4) is 0 Å². The van der Waals surface area contributed by atoms with Crippen LogP contribution in [0.5, 0.6) is 0 Å². The fourth-order valence-electron chi connectivity index (χ4n) is 3.79. The van der Waals surface area contributed by atoms with Gasteiger partial charge in [-0.25, -0.2) is 0 Å². The summed E-state index contributed by atoms with van der Waals surface area (Å²) in [5.74, 6) is 0.815. The zero-order valence-corrected chi connectivity index (χ0v) is 8.95. The van der Waals surface area contributed by atoms with Gasteiger partial charge in [0.1, 0.15) is 6.04 Å². The van der Waals surface area contributed by atoms with Crippen LogP contribution in [0.1, 0.15) is 25.7 Å². The van der Waals surface area contributed by atoms with Crippen LogP contribution in [0.3, 0.4) is 0 Å². The van der Waals surface area contributed by atoms with Crippen LogP contribution in [-0.2, 0) is 0 Å². The number of hydrogen-bond donors (Lipinski definition) is 1. The van der Waals surface area contributed by atoms with E-state index in [2.05, 4.69) is 13.1 Å².